The number of carbonyl (C=O) groups is 2. The molecule has 0 fully saturated rings. The summed E-state index contributed by atoms with van der Waals surface area (Å²) >= 11 is 1.27. The third-order valence-corrected chi connectivity index (χ3v) is 4.28. The summed E-state index contributed by atoms with van der Waals surface area (Å²) in [7, 11) is 0. The monoisotopic (exact) mass is 355 g/mol. The number of para-hydroxylation sites is 1. The Labute approximate surface area is 147 Å². The van der Waals surface area contributed by atoms with Crippen LogP contribution in [0, 0.1) is 5.82 Å². The fourth-order valence-electron chi connectivity index (χ4n) is 2.10. The van der Waals surface area contributed by atoms with Crippen LogP contribution in [0.5, 0.6) is 0 Å². The molecule has 3 aromatic rings. The maximum Gasteiger partial charge on any atom is 0.269 e. The van der Waals surface area contributed by atoms with E-state index in [0.29, 0.717) is 0 Å². The molecule has 7 heteroatoms. The lowest BCUT2D eigenvalue weighted by molar-refractivity contribution is -0.119. The fourth-order valence-corrected chi connectivity index (χ4v) is 2.78. The van der Waals surface area contributed by atoms with Crippen LogP contribution in [0.25, 0.3) is 10.9 Å². The largest absolute Gasteiger partial charge is 0.272 e. The molecule has 0 spiro atoms. The van der Waals surface area contributed by atoms with Gasteiger partial charge in [0.2, 0.25) is 5.91 Å². The molecule has 0 radical (unpaired) electrons. The van der Waals surface area contributed by atoms with E-state index in [4.69, 9.17) is 0 Å². The summed E-state index contributed by atoms with van der Waals surface area (Å²) in [6.07, 6.45) is 0. The SMILES string of the molecule is O=C(CSc1ccc2ccccc2n1)NNC(=O)c1ccc(F)cc1. The molecule has 0 unspecified atom stereocenters. The Kier molecular flexibility index (Phi) is 5.25. The summed E-state index contributed by atoms with van der Waals surface area (Å²) < 4.78 is 12.8. The molecule has 0 aliphatic rings. The molecule has 1 heterocycles. The topological polar surface area (TPSA) is 71.1 Å². The zero-order valence-electron chi connectivity index (χ0n) is 13.0. The first-order chi connectivity index (χ1) is 12.1. The molecule has 1 aromatic heterocycles. The fraction of sp³-hybridized carbons (Fsp3) is 0.0556. The molecule has 5 nitrogen and oxygen atoms in total. The summed E-state index contributed by atoms with van der Waals surface area (Å²) in [5.74, 6) is -1.20. The summed E-state index contributed by atoms with van der Waals surface area (Å²) in [6, 6.07) is 16.5. The molecule has 25 heavy (non-hydrogen) atoms. The third kappa shape index (κ3) is 4.54. The Morgan fingerprint density at radius 1 is 0.960 bits per heavy atom. The summed E-state index contributed by atoms with van der Waals surface area (Å²) in [5, 5.41) is 1.75. The van der Waals surface area contributed by atoms with Gasteiger partial charge in [-0.3, -0.25) is 20.4 Å². The van der Waals surface area contributed by atoms with E-state index in [-0.39, 0.29) is 17.2 Å². The van der Waals surface area contributed by atoms with E-state index in [1.165, 1.54) is 36.0 Å². The number of hydrogen-bond donors (Lipinski definition) is 2. The number of rotatable bonds is 4. The maximum absolute atomic E-state index is 12.8. The summed E-state index contributed by atoms with van der Waals surface area (Å²) in [6.45, 7) is 0. The van der Waals surface area contributed by atoms with Crippen molar-refractivity contribution in [2.45, 2.75) is 5.03 Å². The van der Waals surface area contributed by atoms with E-state index in [1.54, 1.807) is 0 Å². The van der Waals surface area contributed by atoms with Gasteiger partial charge in [0.1, 0.15) is 5.82 Å². The first-order valence-electron chi connectivity index (χ1n) is 7.45. The quantitative estimate of drug-likeness (QED) is 0.558. The highest BCUT2D eigenvalue weighted by atomic mass is 32.2. The van der Waals surface area contributed by atoms with Crippen LogP contribution in [-0.4, -0.2) is 22.6 Å². The molecule has 0 aliphatic heterocycles. The lowest BCUT2D eigenvalue weighted by Gasteiger charge is -2.07. The molecule has 0 aliphatic carbocycles. The Morgan fingerprint density at radius 3 is 2.52 bits per heavy atom. The average Bonchev–Trinajstić information content (AvgIpc) is 2.65. The zero-order chi connectivity index (χ0) is 17.6. The molecular weight excluding hydrogens is 341 g/mol. The van der Waals surface area contributed by atoms with Crippen LogP contribution in [0.1, 0.15) is 10.4 Å². The van der Waals surface area contributed by atoms with E-state index < -0.39 is 11.7 Å². The molecule has 2 amide bonds. The van der Waals surface area contributed by atoms with Gasteiger partial charge in [-0.2, -0.15) is 0 Å². The Morgan fingerprint density at radius 2 is 1.72 bits per heavy atom. The number of hydrogen-bond acceptors (Lipinski definition) is 4. The van der Waals surface area contributed by atoms with Crippen LogP contribution >= 0.6 is 11.8 Å². The smallest absolute Gasteiger partial charge is 0.269 e. The molecule has 126 valence electrons. The van der Waals surface area contributed by atoms with Crippen LogP contribution in [0.15, 0.2) is 65.7 Å². The van der Waals surface area contributed by atoms with E-state index in [9.17, 15) is 14.0 Å². The van der Waals surface area contributed by atoms with Crippen LogP contribution < -0.4 is 10.9 Å². The van der Waals surface area contributed by atoms with Crippen molar-refractivity contribution in [3.63, 3.8) is 0 Å². The van der Waals surface area contributed by atoms with Crippen molar-refractivity contribution in [3.05, 3.63) is 72.0 Å². The van der Waals surface area contributed by atoms with E-state index in [2.05, 4.69) is 15.8 Å². The van der Waals surface area contributed by atoms with Gasteiger partial charge in [-0.15, -0.1) is 0 Å². The number of benzene rings is 2. The van der Waals surface area contributed by atoms with Crippen LogP contribution in [0.4, 0.5) is 4.39 Å². The summed E-state index contributed by atoms with van der Waals surface area (Å²) in [4.78, 5) is 28.1. The predicted molar refractivity (Wildman–Crippen MR) is 94.5 cm³/mol. The average molecular weight is 355 g/mol. The lowest BCUT2D eigenvalue weighted by atomic mass is 10.2. The van der Waals surface area contributed by atoms with Gasteiger partial charge in [-0.25, -0.2) is 9.37 Å². The second kappa shape index (κ2) is 7.76. The molecule has 2 N–H and O–H groups in total. The number of pyridine rings is 1. The predicted octanol–water partition coefficient (Wildman–Crippen LogP) is 2.93. The van der Waals surface area contributed by atoms with Gasteiger partial charge in [-0.1, -0.05) is 36.0 Å². The lowest BCUT2D eigenvalue weighted by Crippen LogP contribution is -2.42. The second-order valence-corrected chi connectivity index (χ2v) is 6.14. The van der Waals surface area contributed by atoms with Gasteiger partial charge in [0.05, 0.1) is 16.3 Å². The number of halogens is 1. The second-order valence-electron chi connectivity index (χ2n) is 5.14. The van der Waals surface area contributed by atoms with Crippen LogP contribution in [0.3, 0.4) is 0 Å². The number of hydrazine groups is 1. The van der Waals surface area contributed by atoms with Gasteiger partial charge in [0, 0.05) is 10.9 Å². The van der Waals surface area contributed by atoms with E-state index >= 15 is 0 Å². The van der Waals surface area contributed by atoms with Crippen molar-refractivity contribution < 1.29 is 14.0 Å². The minimum atomic E-state index is -0.512. The van der Waals surface area contributed by atoms with Crippen LogP contribution in [-0.2, 0) is 4.79 Å². The number of nitrogens with one attached hydrogen (secondary N) is 2. The summed E-state index contributed by atoms with van der Waals surface area (Å²) in [5.41, 5.74) is 5.73. The number of amides is 2. The first kappa shape index (κ1) is 16.9. The minimum Gasteiger partial charge on any atom is -0.272 e. The number of nitrogens with zero attached hydrogens (tertiary/aromatic N) is 1. The number of aromatic nitrogens is 1. The van der Waals surface area contributed by atoms with Crippen molar-refractivity contribution >= 4 is 34.5 Å². The number of thioether (sulfide) groups is 1. The van der Waals surface area contributed by atoms with Crippen LogP contribution in [0.2, 0.25) is 0 Å². The normalized spacial score (nSPS) is 10.4. The molecule has 3 rings (SSSR count). The number of fused-ring (bicyclic) bond motifs is 1. The van der Waals surface area contributed by atoms with Crippen molar-refractivity contribution in [2.75, 3.05) is 5.75 Å². The van der Waals surface area contributed by atoms with E-state index in [1.807, 2.05) is 36.4 Å². The Bertz CT molecular complexity index is 916. The van der Waals surface area contributed by atoms with Crippen molar-refractivity contribution in [2.24, 2.45) is 0 Å². The molecule has 2 aromatic carbocycles. The van der Waals surface area contributed by atoms with Gasteiger partial charge >= 0.3 is 0 Å². The van der Waals surface area contributed by atoms with Crippen molar-refractivity contribution in [1.29, 1.82) is 0 Å². The van der Waals surface area contributed by atoms with Crippen molar-refractivity contribution in [3.8, 4) is 0 Å². The zero-order valence-corrected chi connectivity index (χ0v) is 13.8. The number of carbonyl (C=O) groups excluding carboxylic acids is 2. The first-order valence-corrected chi connectivity index (χ1v) is 8.44. The molecule has 0 saturated carbocycles. The standard InChI is InChI=1S/C18H14FN3O2S/c19-14-8-5-13(6-9-14)18(24)22-21-16(23)11-25-17-10-7-12-3-1-2-4-15(12)20-17/h1-10H,11H2,(H,21,23)(H,22,24). The highest BCUT2D eigenvalue weighted by Gasteiger charge is 2.08. The van der Waals surface area contributed by atoms with Gasteiger partial charge in [0.25, 0.3) is 5.91 Å². The third-order valence-electron chi connectivity index (χ3n) is 3.35. The van der Waals surface area contributed by atoms with Gasteiger partial charge < -0.3 is 0 Å². The Hall–Kier alpha value is -2.93. The minimum absolute atomic E-state index is 0.106. The highest BCUT2D eigenvalue weighted by molar-refractivity contribution is 7.99. The Balaban J connectivity index is 1.50. The van der Waals surface area contributed by atoms with E-state index in [0.717, 1.165) is 15.9 Å². The molecule has 0 bridgehead atoms. The van der Waals surface area contributed by atoms with Gasteiger partial charge in [-0.05, 0) is 36.4 Å². The molecule has 0 saturated heterocycles. The molecule has 0 atom stereocenters. The van der Waals surface area contributed by atoms with Crippen molar-refractivity contribution in [1.82, 2.24) is 15.8 Å². The molecular formula is C18H14FN3O2S. The maximum atomic E-state index is 12.8. The van der Waals surface area contributed by atoms with Gasteiger partial charge in [0.15, 0.2) is 0 Å². The highest BCUT2D eigenvalue weighted by Crippen LogP contribution is 2.19.